The summed E-state index contributed by atoms with van der Waals surface area (Å²) in [5.41, 5.74) is 1.26. The van der Waals surface area contributed by atoms with Gasteiger partial charge in [0.15, 0.2) is 0 Å². The van der Waals surface area contributed by atoms with Gasteiger partial charge in [-0.2, -0.15) is 0 Å². The van der Waals surface area contributed by atoms with Crippen LogP contribution in [-0.4, -0.2) is 16.8 Å². The monoisotopic (exact) mass is 242 g/mol. The molecule has 1 aromatic carbocycles. The zero-order chi connectivity index (χ0) is 13.5. The van der Waals surface area contributed by atoms with Gasteiger partial charge in [0.05, 0.1) is 11.1 Å². The van der Waals surface area contributed by atoms with E-state index in [1.807, 2.05) is 20.8 Å². The molecule has 92 valence electrons. The molecule has 0 saturated carbocycles. The SMILES string of the molecule is CC(C)(C)C#Cc1ccc2c(c1)C(=O)N(N)C2=O. The first-order valence-corrected chi connectivity index (χ1v) is 5.60. The van der Waals surface area contributed by atoms with Crippen LogP contribution in [0.15, 0.2) is 18.2 Å². The van der Waals surface area contributed by atoms with Crippen LogP contribution in [0.2, 0.25) is 0 Å². The Bertz CT molecular complexity index is 600. The number of hydrogen-bond acceptors (Lipinski definition) is 3. The van der Waals surface area contributed by atoms with E-state index in [4.69, 9.17) is 5.84 Å². The van der Waals surface area contributed by atoms with Crippen molar-refractivity contribution in [2.24, 2.45) is 11.3 Å². The molecule has 2 rings (SSSR count). The Balaban J connectivity index is 2.44. The molecule has 0 saturated heterocycles. The van der Waals surface area contributed by atoms with Crippen LogP contribution < -0.4 is 5.84 Å². The first-order valence-electron chi connectivity index (χ1n) is 5.60. The lowest BCUT2D eigenvalue weighted by Gasteiger charge is -2.06. The molecule has 0 aromatic heterocycles. The second-order valence-electron chi connectivity index (χ2n) is 5.24. The number of benzene rings is 1. The highest BCUT2D eigenvalue weighted by atomic mass is 16.2. The van der Waals surface area contributed by atoms with Gasteiger partial charge in [0.1, 0.15) is 0 Å². The van der Waals surface area contributed by atoms with Crippen molar-refractivity contribution in [3.05, 3.63) is 34.9 Å². The Morgan fingerprint density at radius 1 is 1.11 bits per heavy atom. The Hall–Kier alpha value is -2.12. The number of fused-ring (bicyclic) bond motifs is 1. The van der Waals surface area contributed by atoms with Crippen molar-refractivity contribution >= 4 is 11.8 Å². The van der Waals surface area contributed by atoms with Crippen molar-refractivity contribution in [1.82, 2.24) is 5.01 Å². The topological polar surface area (TPSA) is 63.4 Å². The second-order valence-corrected chi connectivity index (χ2v) is 5.24. The predicted octanol–water partition coefficient (Wildman–Crippen LogP) is 1.55. The maximum atomic E-state index is 11.7. The second kappa shape index (κ2) is 3.97. The molecule has 0 aliphatic carbocycles. The van der Waals surface area contributed by atoms with Crippen molar-refractivity contribution in [1.29, 1.82) is 0 Å². The lowest BCUT2D eigenvalue weighted by Crippen LogP contribution is -2.36. The molecule has 0 bridgehead atoms. The van der Waals surface area contributed by atoms with Crippen LogP contribution in [0.4, 0.5) is 0 Å². The number of amides is 2. The first kappa shape index (κ1) is 12.3. The van der Waals surface area contributed by atoms with E-state index in [1.165, 1.54) is 0 Å². The summed E-state index contributed by atoms with van der Waals surface area (Å²) in [6, 6.07) is 4.93. The van der Waals surface area contributed by atoms with E-state index in [9.17, 15) is 9.59 Å². The first-order chi connectivity index (χ1) is 8.29. The van der Waals surface area contributed by atoms with E-state index >= 15 is 0 Å². The molecule has 1 aliphatic rings. The number of carbonyl (C=O) groups excluding carboxylic acids is 2. The lowest BCUT2D eigenvalue weighted by atomic mass is 9.97. The van der Waals surface area contributed by atoms with Gasteiger partial charge in [-0.3, -0.25) is 9.59 Å². The van der Waals surface area contributed by atoms with Gasteiger partial charge < -0.3 is 0 Å². The Morgan fingerprint density at radius 2 is 1.72 bits per heavy atom. The van der Waals surface area contributed by atoms with Crippen LogP contribution in [0, 0.1) is 17.3 Å². The minimum atomic E-state index is -0.477. The van der Waals surface area contributed by atoms with Gasteiger partial charge in [-0.25, -0.2) is 10.9 Å². The molecule has 1 aromatic rings. The summed E-state index contributed by atoms with van der Waals surface area (Å²) >= 11 is 0. The van der Waals surface area contributed by atoms with E-state index in [0.717, 1.165) is 0 Å². The third-order valence-electron chi connectivity index (χ3n) is 2.50. The third-order valence-corrected chi connectivity index (χ3v) is 2.50. The number of carbonyl (C=O) groups is 2. The van der Waals surface area contributed by atoms with E-state index in [2.05, 4.69) is 11.8 Å². The van der Waals surface area contributed by atoms with Crippen molar-refractivity contribution in [2.45, 2.75) is 20.8 Å². The quantitative estimate of drug-likeness (QED) is 0.325. The third kappa shape index (κ3) is 2.13. The van der Waals surface area contributed by atoms with Crippen LogP contribution in [0.5, 0.6) is 0 Å². The minimum absolute atomic E-state index is 0.112. The molecule has 4 nitrogen and oxygen atoms in total. The Kier molecular flexibility index (Phi) is 2.72. The molecule has 1 heterocycles. The fourth-order valence-corrected chi connectivity index (χ4v) is 1.60. The summed E-state index contributed by atoms with van der Waals surface area (Å²) in [7, 11) is 0. The van der Waals surface area contributed by atoms with Crippen LogP contribution >= 0.6 is 0 Å². The highest BCUT2D eigenvalue weighted by molar-refractivity contribution is 6.21. The number of nitrogens with zero attached hydrogens (tertiary/aromatic N) is 1. The van der Waals surface area contributed by atoms with Crippen molar-refractivity contribution in [3.8, 4) is 11.8 Å². The number of imide groups is 1. The highest BCUT2D eigenvalue weighted by Gasteiger charge is 2.33. The van der Waals surface area contributed by atoms with Crippen LogP contribution in [0.25, 0.3) is 0 Å². The van der Waals surface area contributed by atoms with Crippen LogP contribution in [-0.2, 0) is 0 Å². The molecule has 0 unspecified atom stereocenters. The average molecular weight is 242 g/mol. The van der Waals surface area contributed by atoms with Gasteiger partial charge in [0.25, 0.3) is 11.8 Å². The molecule has 0 fully saturated rings. The van der Waals surface area contributed by atoms with Gasteiger partial charge in [0, 0.05) is 11.0 Å². The Labute approximate surface area is 106 Å². The molecule has 0 atom stereocenters. The summed E-state index contributed by atoms with van der Waals surface area (Å²) < 4.78 is 0. The maximum Gasteiger partial charge on any atom is 0.275 e. The molecule has 0 spiro atoms. The summed E-state index contributed by atoms with van der Waals surface area (Å²) in [5, 5.41) is 0.631. The normalized spacial score (nSPS) is 14.3. The lowest BCUT2D eigenvalue weighted by molar-refractivity contribution is 0.0654. The molecular formula is C14H14N2O2. The summed E-state index contributed by atoms with van der Waals surface area (Å²) in [6.07, 6.45) is 0. The van der Waals surface area contributed by atoms with Gasteiger partial charge in [-0.05, 0) is 39.0 Å². The highest BCUT2D eigenvalue weighted by Crippen LogP contribution is 2.21. The largest absolute Gasteiger partial charge is 0.275 e. The van der Waals surface area contributed by atoms with Crippen molar-refractivity contribution in [2.75, 3.05) is 0 Å². The smallest absolute Gasteiger partial charge is 0.267 e. The van der Waals surface area contributed by atoms with Gasteiger partial charge in [-0.1, -0.05) is 11.8 Å². The van der Waals surface area contributed by atoms with E-state index < -0.39 is 11.8 Å². The van der Waals surface area contributed by atoms with E-state index in [0.29, 0.717) is 21.7 Å². The molecule has 2 amide bonds. The minimum Gasteiger partial charge on any atom is -0.267 e. The summed E-state index contributed by atoms with van der Waals surface area (Å²) in [6.45, 7) is 6.01. The number of nitrogens with two attached hydrogens (primary N) is 1. The molecule has 4 heteroatoms. The number of rotatable bonds is 0. The standard InChI is InChI=1S/C14H14N2O2/c1-14(2,3)7-6-9-4-5-10-11(8-9)13(18)16(15)12(10)17/h4-5,8H,15H2,1-3H3. The van der Waals surface area contributed by atoms with Crippen LogP contribution in [0.3, 0.4) is 0 Å². The van der Waals surface area contributed by atoms with E-state index in [1.54, 1.807) is 18.2 Å². The van der Waals surface area contributed by atoms with Crippen LogP contribution in [0.1, 0.15) is 47.1 Å². The van der Waals surface area contributed by atoms with Gasteiger partial charge in [-0.15, -0.1) is 0 Å². The van der Waals surface area contributed by atoms with Gasteiger partial charge >= 0.3 is 0 Å². The fourth-order valence-electron chi connectivity index (χ4n) is 1.60. The predicted molar refractivity (Wildman–Crippen MR) is 67.5 cm³/mol. The molecular weight excluding hydrogens is 228 g/mol. The zero-order valence-electron chi connectivity index (χ0n) is 10.6. The molecule has 1 aliphatic heterocycles. The summed E-state index contributed by atoms with van der Waals surface area (Å²) in [5.74, 6) is 10.5. The van der Waals surface area contributed by atoms with Crippen molar-refractivity contribution < 1.29 is 9.59 Å². The average Bonchev–Trinajstić information content (AvgIpc) is 2.51. The molecule has 0 radical (unpaired) electrons. The fraction of sp³-hybridized carbons (Fsp3) is 0.286. The number of hydrazine groups is 1. The number of hydrogen-bond donors (Lipinski definition) is 1. The zero-order valence-corrected chi connectivity index (χ0v) is 10.6. The molecule has 2 N–H and O–H groups in total. The van der Waals surface area contributed by atoms with Gasteiger partial charge in [0.2, 0.25) is 0 Å². The van der Waals surface area contributed by atoms with Crippen molar-refractivity contribution in [3.63, 3.8) is 0 Å². The Morgan fingerprint density at radius 3 is 2.33 bits per heavy atom. The van der Waals surface area contributed by atoms with E-state index in [-0.39, 0.29) is 5.41 Å². The maximum absolute atomic E-state index is 11.7. The summed E-state index contributed by atoms with van der Waals surface area (Å²) in [4.78, 5) is 23.3. The molecule has 18 heavy (non-hydrogen) atoms.